The molecule has 1 aromatic rings. The van der Waals surface area contributed by atoms with Crippen molar-refractivity contribution in [1.29, 1.82) is 0 Å². The zero-order valence-corrected chi connectivity index (χ0v) is 19.2. The van der Waals surface area contributed by atoms with Crippen LogP contribution in [0.4, 0.5) is 13.2 Å². The monoisotopic (exact) mass is 472 g/mol. The summed E-state index contributed by atoms with van der Waals surface area (Å²) >= 11 is 0. The molecule has 2 rings (SSSR count). The lowest BCUT2D eigenvalue weighted by molar-refractivity contribution is -0.137. The molecule has 0 fully saturated rings. The highest BCUT2D eigenvalue weighted by Gasteiger charge is 2.39. The van der Waals surface area contributed by atoms with Crippen LogP contribution in [0.2, 0.25) is 0 Å². The average molecular weight is 473 g/mol. The summed E-state index contributed by atoms with van der Waals surface area (Å²) in [5.74, 6) is 0.0213. The van der Waals surface area contributed by atoms with Gasteiger partial charge in [0.15, 0.2) is 0 Å². The van der Waals surface area contributed by atoms with Crippen LogP contribution in [0.5, 0.6) is 5.75 Å². The number of nitrogens with one attached hydrogen (secondary N) is 1. The third kappa shape index (κ3) is 6.77. The fourth-order valence-corrected chi connectivity index (χ4v) is 3.25. The molecule has 2 amide bonds. The Balaban J connectivity index is 2.41. The number of halogens is 3. The van der Waals surface area contributed by atoms with Gasteiger partial charge >= 0.3 is 6.18 Å². The Morgan fingerprint density at radius 1 is 1.33 bits per heavy atom. The highest BCUT2D eigenvalue weighted by atomic mass is 19.4. The number of amides is 2. The number of carbonyl (C=O) groups is 2. The van der Waals surface area contributed by atoms with E-state index >= 15 is 0 Å². The predicted octanol–water partition coefficient (Wildman–Crippen LogP) is 2.42. The quantitative estimate of drug-likeness (QED) is 0.482. The molecule has 0 bridgehead atoms. The van der Waals surface area contributed by atoms with E-state index in [4.69, 9.17) is 9.84 Å². The standard InChI is InChI=1S/C22H31F3N4O4/c1-15(2)9-11-29-18(20(32)27(3)10-6-12-30)19(28(4)14-31)26-21(29)33-17-8-5-7-16(13-17)22(23,24)25/h5,7-8,13-15,21,26,30H,6,9-12H2,1-4H3. The zero-order valence-electron chi connectivity index (χ0n) is 19.2. The minimum absolute atomic E-state index is 0.0349. The van der Waals surface area contributed by atoms with Gasteiger partial charge in [-0.2, -0.15) is 13.2 Å². The van der Waals surface area contributed by atoms with E-state index in [0.29, 0.717) is 25.8 Å². The maximum absolute atomic E-state index is 13.3. The van der Waals surface area contributed by atoms with Crippen molar-refractivity contribution >= 4 is 12.3 Å². The molecule has 0 spiro atoms. The summed E-state index contributed by atoms with van der Waals surface area (Å²) in [6.07, 6.45) is -3.97. The van der Waals surface area contributed by atoms with Crippen molar-refractivity contribution in [3.05, 3.63) is 41.3 Å². The molecule has 0 saturated carbocycles. The van der Waals surface area contributed by atoms with Gasteiger partial charge in [-0.25, -0.2) is 0 Å². The van der Waals surface area contributed by atoms with E-state index in [2.05, 4.69) is 5.32 Å². The molecule has 8 nitrogen and oxygen atoms in total. The molecule has 1 aliphatic heterocycles. The topological polar surface area (TPSA) is 85.4 Å². The van der Waals surface area contributed by atoms with Crippen LogP contribution in [0.1, 0.15) is 32.3 Å². The molecule has 0 aromatic heterocycles. The van der Waals surface area contributed by atoms with Gasteiger partial charge in [-0.05, 0) is 37.0 Å². The lowest BCUT2D eigenvalue weighted by Gasteiger charge is -2.30. The number of rotatable bonds is 11. The SMILES string of the molecule is CC(C)CCN1C(C(=O)N(C)CCCO)=C(N(C)C=O)NC1Oc1cccc(C(F)(F)F)c1. The molecular formula is C22H31F3N4O4. The van der Waals surface area contributed by atoms with Crippen molar-refractivity contribution in [2.45, 2.75) is 39.2 Å². The molecule has 0 radical (unpaired) electrons. The largest absolute Gasteiger partial charge is 0.452 e. The van der Waals surface area contributed by atoms with Crippen LogP contribution in [0.15, 0.2) is 35.8 Å². The minimum atomic E-state index is -4.53. The molecule has 0 aliphatic carbocycles. The molecule has 1 heterocycles. The number of aliphatic hydroxyl groups excluding tert-OH is 1. The van der Waals surface area contributed by atoms with Crippen LogP contribution in [-0.4, -0.2) is 72.3 Å². The maximum atomic E-state index is 13.3. The van der Waals surface area contributed by atoms with Gasteiger partial charge < -0.3 is 29.9 Å². The number of alkyl halides is 3. The molecule has 1 aromatic carbocycles. The van der Waals surface area contributed by atoms with Gasteiger partial charge in [-0.1, -0.05) is 19.9 Å². The molecule has 2 N–H and O–H groups in total. The summed E-state index contributed by atoms with van der Waals surface area (Å²) in [7, 11) is 3.04. The van der Waals surface area contributed by atoms with Gasteiger partial charge in [0.05, 0.1) is 5.56 Å². The number of likely N-dealkylation sites (N-methyl/N-ethyl adjacent to an activating group) is 1. The normalized spacial score (nSPS) is 16.2. The first kappa shape index (κ1) is 26.3. The van der Waals surface area contributed by atoms with E-state index < -0.39 is 24.0 Å². The summed E-state index contributed by atoms with van der Waals surface area (Å²) < 4.78 is 45.3. The van der Waals surface area contributed by atoms with Crippen LogP contribution >= 0.6 is 0 Å². The fraction of sp³-hybridized carbons (Fsp3) is 0.545. The molecule has 1 unspecified atom stereocenters. The Hall–Kier alpha value is -2.95. The van der Waals surface area contributed by atoms with Crippen LogP contribution < -0.4 is 10.1 Å². The van der Waals surface area contributed by atoms with Crippen molar-refractivity contribution < 1.29 is 32.6 Å². The van der Waals surface area contributed by atoms with Crippen molar-refractivity contribution in [3.63, 3.8) is 0 Å². The van der Waals surface area contributed by atoms with Gasteiger partial charge in [-0.15, -0.1) is 0 Å². The number of ether oxygens (including phenoxy) is 1. The molecule has 0 saturated heterocycles. The Morgan fingerprint density at radius 2 is 2.03 bits per heavy atom. The van der Waals surface area contributed by atoms with Gasteiger partial charge in [0.1, 0.15) is 17.3 Å². The van der Waals surface area contributed by atoms with Gasteiger partial charge in [0.2, 0.25) is 6.41 Å². The summed E-state index contributed by atoms with van der Waals surface area (Å²) in [6.45, 7) is 4.56. The summed E-state index contributed by atoms with van der Waals surface area (Å²) in [5, 5.41) is 12.1. The van der Waals surface area contributed by atoms with E-state index in [1.807, 2.05) is 13.8 Å². The van der Waals surface area contributed by atoms with Crippen LogP contribution in [0, 0.1) is 5.92 Å². The van der Waals surface area contributed by atoms with Crippen molar-refractivity contribution in [2.75, 3.05) is 33.8 Å². The number of aliphatic hydroxyl groups is 1. The number of nitrogens with zero attached hydrogens (tertiary/aromatic N) is 3. The molecule has 1 aliphatic rings. The smallest absolute Gasteiger partial charge is 0.416 e. The molecular weight excluding hydrogens is 441 g/mol. The van der Waals surface area contributed by atoms with Crippen molar-refractivity contribution in [3.8, 4) is 5.75 Å². The van der Waals surface area contributed by atoms with Gasteiger partial charge in [0, 0.05) is 33.8 Å². The predicted molar refractivity (Wildman–Crippen MR) is 115 cm³/mol. The molecule has 33 heavy (non-hydrogen) atoms. The highest BCUT2D eigenvalue weighted by molar-refractivity contribution is 5.94. The summed E-state index contributed by atoms with van der Waals surface area (Å²) in [6, 6.07) is 4.47. The third-order valence-electron chi connectivity index (χ3n) is 5.12. The maximum Gasteiger partial charge on any atom is 0.416 e. The highest BCUT2D eigenvalue weighted by Crippen LogP contribution is 2.33. The minimum Gasteiger partial charge on any atom is -0.452 e. The molecule has 11 heteroatoms. The first-order chi connectivity index (χ1) is 15.5. The first-order valence-electron chi connectivity index (χ1n) is 10.6. The van der Waals surface area contributed by atoms with E-state index in [1.165, 1.54) is 29.0 Å². The van der Waals surface area contributed by atoms with E-state index in [-0.39, 0.29) is 36.3 Å². The second kappa shape index (κ2) is 11.3. The van der Waals surface area contributed by atoms with Crippen molar-refractivity contribution in [1.82, 2.24) is 20.0 Å². The van der Waals surface area contributed by atoms with Crippen LogP contribution in [0.25, 0.3) is 0 Å². The van der Waals surface area contributed by atoms with Gasteiger partial charge in [-0.3, -0.25) is 9.59 Å². The Bertz CT molecular complexity index is 860. The zero-order chi connectivity index (χ0) is 24.8. The van der Waals surface area contributed by atoms with E-state index in [9.17, 15) is 22.8 Å². The molecule has 1 atom stereocenters. The third-order valence-corrected chi connectivity index (χ3v) is 5.12. The number of benzene rings is 1. The second-order valence-corrected chi connectivity index (χ2v) is 8.23. The Morgan fingerprint density at radius 3 is 2.61 bits per heavy atom. The Labute approximate surface area is 191 Å². The number of hydrogen-bond acceptors (Lipinski definition) is 6. The van der Waals surface area contributed by atoms with Crippen LogP contribution in [-0.2, 0) is 15.8 Å². The summed E-state index contributed by atoms with van der Waals surface area (Å²) in [5.41, 5.74) is -0.687. The lowest BCUT2D eigenvalue weighted by atomic mass is 10.1. The fourth-order valence-electron chi connectivity index (χ4n) is 3.25. The second-order valence-electron chi connectivity index (χ2n) is 8.23. The van der Waals surface area contributed by atoms with E-state index in [0.717, 1.165) is 12.1 Å². The van der Waals surface area contributed by atoms with Crippen molar-refractivity contribution in [2.24, 2.45) is 5.92 Å². The molecule has 184 valence electrons. The average Bonchev–Trinajstić information content (AvgIpc) is 3.12. The Kier molecular flexibility index (Phi) is 8.98. The van der Waals surface area contributed by atoms with Gasteiger partial charge in [0.25, 0.3) is 12.3 Å². The number of hydrogen-bond donors (Lipinski definition) is 2. The first-order valence-corrected chi connectivity index (χ1v) is 10.6. The lowest BCUT2D eigenvalue weighted by Crippen LogP contribution is -2.45. The van der Waals surface area contributed by atoms with Crippen LogP contribution in [0.3, 0.4) is 0 Å². The summed E-state index contributed by atoms with van der Waals surface area (Å²) in [4.78, 5) is 29.0. The van der Waals surface area contributed by atoms with E-state index in [1.54, 1.807) is 11.9 Å². The number of carbonyl (C=O) groups excluding carboxylic acids is 2.